The monoisotopic (exact) mass is 431 g/mol. The minimum atomic E-state index is -0.336. The molecule has 3 rings (SSSR count). The van der Waals surface area contributed by atoms with Gasteiger partial charge in [0.05, 0.1) is 24.1 Å². The average molecular weight is 432 g/mol. The highest BCUT2D eigenvalue weighted by molar-refractivity contribution is 7.98. The van der Waals surface area contributed by atoms with Crippen molar-refractivity contribution in [3.8, 4) is 0 Å². The van der Waals surface area contributed by atoms with Crippen LogP contribution in [0.1, 0.15) is 19.4 Å². The first-order valence-electron chi connectivity index (χ1n) is 9.85. The van der Waals surface area contributed by atoms with Gasteiger partial charge in [0, 0.05) is 37.8 Å². The topological polar surface area (TPSA) is 79.7 Å². The average Bonchev–Trinajstić information content (AvgIpc) is 3.14. The van der Waals surface area contributed by atoms with Crippen molar-refractivity contribution in [3.05, 3.63) is 42.2 Å². The molecule has 1 fully saturated rings. The molecule has 1 aliphatic heterocycles. The first-order chi connectivity index (χ1) is 14.3. The standard InChI is InChI=1S/C21H29N5O3S/c1-21(2)15-25(9-10-29-21)19(27)14-26-13-17(11-22-26)23-20(28)24(3)12-16-5-7-18(30-4)8-6-16/h5-8,11,13H,9-10,12,14-15H2,1-4H3,(H,23,28). The third kappa shape index (κ3) is 5.99. The number of anilines is 1. The molecule has 0 unspecified atom stereocenters. The lowest BCUT2D eigenvalue weighted by molar-refractivity contribution is -0.146. The second-order valence-electron chi connectivity index (χ2n) is 7.98. The quantitative estimate of drug-likeness (QED) is 0.712. The summed E-state index contributed by atoms with van der Waals surface area (Å²) in [5, 5.41) is 7.03. The third-order valence-electron chi connectivity index (χ3n) is 4.89. The van der Waals surface area contributed by atoms with Gasteiger partial charge in [0.2, 0.25) is 5.91 Å². The summed E-state index contributed by atoms with van der Waals surface area (Å²) in [6.07, 6.45) is 5.25. The number of thioether (sulfide) groups is 1. The van der Waals surface area contributed by atoms with Gasteiger partial charge < -0.3 is 19.9 Å². The number of benzene rings is 1. The highest BCUT2D eigenvalue weighted by Crippen LogP contribution is 2.18. The van der Waals surface area contributed by atoms with Gasteiger partial charge in [-0.1, -0.05) is 12.1 Å². The van der Waals surface area contributed by atoms with Crippen LogP contribution in [0.4, 0.5) is 10.5 Å². The SMILES string of the molecule is CSc1ccc(CN(C)C(=O)Nc2cnn(CC(=O)N3CCOC(C)(C)C3)c2)cc1. The Bertz CT molecular complexity index is 881. The zero-order chi connectivity index (χ0) is 21.7. The molecule has 2 aromatic rings. The van der Waals surface area contributed by atoms with Crippen LogP contribution in [0.15, 0.2) is 41.6 Å². The Balaban J connectivity index is 1.51. The summed E-state index contributed by atoms with van der Waals surface area (Å²) in [5.74, 6) is -0.0156. The van der Waals surface area contributed by atoms with Crippen molar-refractivity contribution in [1.82, 2.24) is 19.6 Å². The summed E-state index contributed by atoms with van der Waals surface area (Å²) in [5.41, 5.74) is 1.28. The number of nitrogens with one attached hydrogen (secondary N) is 1. The fourth-order valence-electron chi connectivity index (χ4n) is 3.28. The normalized spacial score (nSPS) is 15.7. The molecule has 0 radical (unpaired) electrons. The molecular formula is C21H29N5O3S. The molecule has 30 heavy (non-hydrogen) atoms. The van der Waals surface area contributed by atoms with Gasteiger partial charge in [0.1, 0.15) is 6.54 Å². The fraction of sp³-hybridized carbons (Fsp3) is 0.476. The highest BCUT2D eigenvalue weighted by atomic mass is 32.2. The smallest absolute Gasteiger partial charge is 0.321 e. The number of hydrogen-bond acceptors (Lipinski definition) is 5. The van der Waals surface area contributed by atoms with Gasteiger partial charge in [-0.2, -0.15) is 5.10 Å². The van der Waals surface area contributed by atoms with E-state index in [4.69, 9.17) is 4.74 Å². The lowest BCUT2D eigenvalue weighted by Gasteiger charge is -2.38. The summed E-state index contributed by atoms with van der Waals surface area (Å²) < 4.78 is 7.19. The van der Waals surface area contributed by atoms with E-state index in [9.17, 15) is 9.59 Å². The lowest BCUT2D eigenvalue weighted by atomic mass is 10.1. The number of rotatable bonds is 6. The zero-order valence-electron chi connectivity index (χ0n) is 17.9. The number of carbonyl (C=O) groups excluding carboxylic acids is 2. The Kier molecular flexibility index (Phi) is 7.04. The molecule has 1 aliphatic rings. The molecule has 0 atom stereocenters. The van der Waals surface area contributed by atoms with E-state index in [1.807, 2.05) is 44.4 Å². The molecule has 0 spiro atoms. The van der Waals surface area contributed by atoms with Crippen LogP contribution in [0.3, 0.4) is 0 Å². The van der Waals surface area contributed by atoms with Crippen LogP contribution in [0, 0.1) is 0 Å². The zero-order valence-corrected chi connectivity index (χ0v) is 18.7. The van der Waals surface area contributed by atoms with E-state index in [-0.39, 0.29) is 24.1 Å². The largest absolute Gasteiger partial charge is 0.372 e. The van der Waals surface area contributed by atoms with Gasteiger partial charge in [-0.15, -0.1) is 11.8 Å². The number of nitrogens with zero attached hydrogens (tertiary/aromatic N) is 4. The van der Waals surface area contributed by atoms with Gasteiger partial charge in [-0.3, -0.25) is 9.48 Å². The number of amides is 3. The molecular weight excluding hydrogens is 402 g/mol. The van der Waals surface area contributed by atoms with Crippen molar-refractivity contribution in [3.63, 3.8) is 0 Å². The van der Waals surface area contributed by atoms with Crippen molar-refractivity contribution < 1.29 is 14.3 Å². The van der Waals surface area contributed by atoms with E-state index in [0.29, 0.717) is 31.9 Å². The van der Waals surface area contributed by atoms with Crippen LogP contribution >= 0.6 is 11.8 Å². The molecule has 2 heterocycles. The number of morpholine rings is 1. The number of aromatic nitrogens is 2. The van der Waals surface area contributed by atoms with Crippen molar-refractivity contribution in [1.29, 1.82) is 0 Å². The first-order valence-corrected chi connectivity index (χ1v) is 11.1. The van der Waals surface area contributed by atoms with Gasteiger partial charge in [-0.25, -0.2) is 4.79 Å². The number of ether oxygens (including phenoxy) is 1. The van der Waals surface area contributed by atoms with E-state index in [1.165, 1.54) is 4.90 Å². The Hall–Kier alpha value is -2.52. The van der Waals surface area contributed by atoms with Crippen LogP contribution in [-0.2, 0) is 22.6 Å². The molecule has 0 saturated carbocycles. The number of hydrogen-bond donors (Lipinski definition) is 1. The molecule has 9 heteroatoms. The van der Waals surface area contributed by atoms with Crippen LogP contribution < -0.4 is 5.32 Å². The van der Waals surface area contributed by atoms with Gasteiger partial charge in [-0.05, 0) is 37.8 Å². The van der Waals surface area contributed by atoms with E-state index < -0.39 is 0 Å². The number of carbonyl (C=O) groups is 2. The fourth-order valence-corrected chi connectivity index (χ4v) is 3.69. The molecule has 0 bridgehead atoms. The summed E-state index contributed by atoms with van der Waals surface area (Å²) >= 11 is 1.68. The van der Waals surface area contributed by atoms with Crippen molar-refractivity contribution >= 4 is 29.4 Å². The Morgan fingerprint density at radius 3 is 2.70 bits per heavy atom. The Labute approximate surface area is 181 Å². The summed E-state index contributed by atoms with van der Waals surface area (Å²) in [7, 11) is 1.74. The number of urea groups is 1. The van der Waals surface area contributed by atoms with Crippen LogP contribution in [0.25, 0.3) is 0 Å². The lowest BCUT2D eigenvalue weighted by Crippen LogP contribution is -2.51. The first kappa shape index (κ1) is 22.2. The minimum Gasteiger partial charge on any atom is -0.372 e. The van der Waals surface area contributed by atoms with E-state index in [2.05, 4.69) is 10.4 Å². The van der Waals surface area contributed by atoms with Crippen molar-refractivity contribution in [2.45, 2.75) is 37.4 Å². The van der Waals surface area contributed by atoms with Gasteiger partial charge >= 0.3 is 6.03 Å². The van der Waals surface area contributed by atoms with Crippen molar-refractivity contribution in [2.24, 2.45) is 0 Å². The molecule has 8 nitrogen and oxygen atoms in total. The highest BCUT2D eigenvalue weighted by Gasteiger charge is 2.30. The van der Waals surface area contributed by atoms with E-state index in [0.717, 1.165) is 5.56 Å². The van der Waals surface area contributed by atoms with Crippen molar-refractivity contribution in [2.75, 3.05) is 38.3 Å². The molecule has 3 amide bonds. The maximum Gasteiger partial charge on any atom is 0.321 e. The second kappa shape index (κ2) is 9.53. The minimum absolute atomic E-state index is 0.0156. The summed E-state index contributed by atoms with van der Waals surface area (Å²) in [6, 6.07) is 7.90. The predicted octanol–water partition coefficient (Wildman–Crippen LogP) is 2.91. The summed E-state index contributed by atoms with van der Waals surface area (Å²) in [6.45, 7) is 6.24. The molecule has 1 aromatic carbocycles. The maximum atomic E-state index is 12.6. The van der Waals surface area contributed by atoms with E-state index >= 15 is 0 Å². The third-order valence-corrected chi connectivity index (χ3v) is 5.63. The van der Waals surface area contributed by atoms with Crippen LogP contribution in [0.5, 0.6) is 0 Å². The van der Waals surface area contributed by atoms with Crippen LogP contribution in [-0.4, -0.2) is 70.1 Å². The molecule has 0 aliphatic carbocycles. The predicted molar refractivity (Wildman–Crippen MR) is 118 cm³/mol. The summed E-state index contributed by atoms with van der Waals surface area (Å²) in [4.78, 5) is 29.6. The van der Waals surface area contributed by atoms with E-state index in [1.54, 1.807) is 45.7 Å². The second-order valence-corrected chi connectivity index (χ2v) is 8.86. The van der Waals surface area contributed by atoms with Crippen LogP contribution in [0.2, 0.25) is 0 Å². The Morgan fingerprint density at radius 1 is 1.30 bits per heavy atom. The maximum absolute atomic E-state index is 12.6. The molecule has 1 aromatic heterocycles. The molecule has 1 N–H and O–H groups in total. The van der Waals surface area contributed by atoms with Gasteiger partial charge in [0.25, 0.3) is 0 Å². The Morgan fingerprint density at radius 2 is 2.03 bits per heavy atom. The molecule has 1 saturated heterocycles. The molecule has 162 valence electrons. The van der Waals surface area contributed by atoms with Gasteiger partial charge in [0.15, 0.2) is 0 Å².